The summed E-state index contributed by atoms with van der Waals surface area (Å²) in [4.78, 5) is 12.0. The number of ether oxygens (including phenoxy) is 1. The molecule has 1 heterocycles. The van der Waals surface area contributed by atoms with Crippen LogP contribution >= 0.6 is 15.9 Å². The van der Waals surface area contributed by atoms with Gasteiger partial charge in [-0.2, -0.15) is 0 Å². The second-order valence-electron chi connectivity index (χ2n) is 4.71. The summed E-state index contributed by atoms with van der Waals surface area (Å²) >= 11 is 3.51. The molecule has 94 valence electrons. The molecule has 0 spiro atoms. The normalized spacial score (nSPS) is 21.4. The molecule has 4 heteroatoms. The van der Waals surface area contributed by atoms with Crippen LogP contribution in [0.15, 0.2) is 0 Å². The summed E-state index contributed by atoms with van der Waals surface area (Å²) in [6.07, 6.45) is 3.82. The molecule has 16 heavy (non-hydrogen) atoms. The Labute approximate surface area is 106 Å². The largest absolute Gasteiger partial charge is 0.381 e. The molecule has 1 N–H and O–H groups in total. The van der Waals surface area contributed by atoms with E-state index in [0.29, 0.717) is 0 Å². The Bertz CT molecular complexity index is 227. The van der Waals surface area contributed by atoms with E-state index >= 15 is 0 Å². The molecule has 0 aromatic carbocycles. The van der Waals surface area contributed by atoms with Crippen LogP contribution in [0.25, 0.3) is 0 Å². The molecule has 0 aromatic heterocycles. The lowest BCUT2D eigenvalue weighted by Crippen LogP contribution is -2.54. The van der Waals surface area contributed by atoms with Crippen LogP contribution in [-0.4, -0.2) is 30.0 Å². The summed E-state index contributed by atoms with van der Waals surface area (Å²) in [7, 11) is 0. The zero-order valence-electron chi connectivity index (χ0n) is 10.2. The molecule has 1 aliphatic rings. The van der Waals surface area contributed by atoms with Crippen molar-refractivity contribution in [3.8, 4) is 0 Å². The van der Waals surface area contributed by atoms with Gasteiger partial charge < -0.3 is 10.1 Å². The third-order valence-electron chi connectivity index (χ3n) is 3.26. The highest BCUT2D eigenvalue weighted by Crippen LogP contribution is 2.23. The third-order valence-corrected chi connectivity index (χ3v) is 4.34. The molecule has 0 aliphatic carbocycles. The summed E-state index contributed by atoms with van der Waals surface area (Å²) in [6, 6.07) is 0. The minimum atomic E-state index is -0.0860. The van der Waals surface area contributed by atoms with E-state index in [1.807, 2.05) is 6.92 Å². The molecule has 1 fully saturated rings. The number of amides is 1. The van der Waals surface area contributed by atoms with Gasteiger partial charge in [-0.05, 0) is 19.3 Å². The summed E-state index contributed by atoms with van der Waals surface area (Å²) in [5.41, 5.74) is -0.0860. The second-order valence-corrected chi connectivity index (χ2v) is 5.27. The Morgan fingerprint density at radius 2 is 2.12 bits per heavy atom. The van der Waals surface area contributed by atoms with E-state index in [0.717, 1.165) is 44.2 Å². The third kappa shape index (κ3) is 3.74. The number of carbonyl (C=O) groups is 1. The maximum Gasteiger partial charge on any atom is 0.223 e. The van der Waals surface area contributed by atoms with Gasteiger partial charge >= 0.3 is 0 Å². The van der Waals surface area contributed by atoms with Crippen LogP contribution in [0.2, 0.25) is 0 Å². The van der Waals surface area contributed by atoms with Crippen molar-refractivity contribution in [1.29, 1.82) is 0 Å². The van der Waals surface area contributed by atoms with Crippen molar-refractivity contribution in [3.63, 3.8) is 0 Å². The van der Waals surface area contributed by atoms with Crippen molar-refractivity contribution in [1.82, 2.24) is 5.32 Å². The predicted octanol–water partition coefficient (Wildman–Crippen LogP) is 2.48. The molecular formula is C12H22BrNO2. The molecule has 1 aliphatic heterocycles. The fraction of sp³-hybridized carbons (Fsp3) is 0.917. The SMILES string of the molecule is CCCC(C)C(=O)NC1(CBr)CCOCC1. The van der Waals surface area contributed by atoms with Gasteiger partial charge in [0.1, 0.15) is 0 Å². The number of rotatable bonds is 5. The van der Waals surface area contributed by atoms with E-state index in [-0.39, 0.29) is 17.4 Å². The minimum Gasteiger partial charge on any atom is -0.381 e. The number of alkyl halides is 1. The number of hydrogen-bond acceptors (Lipinski definition) is 2. The van der Waals surface area contributed by atoms with Gasteiger partial charge in [0.15, 0.2) is 0 Å². The number of nitrogens with one attached hydrogen (secondary N) is 1. The first-order valence-electron chi connectivity index (χ1n) is 6.09. The van der Waals surface area contributed by atoms with E-state index in [9.17, 15) is 4.79 Å². The lowest BCUT2D eigenvalue weighted by atomic mass is 9.91. The fourth-order valence-corrected chi connectivity index (χ4v) is 2.70. The Kier molecular flexibility index (Phi) is 5.76. The van der Waals surface area contributed by atoms with E-state index in [1.165, 1.54) is 0 Å². The smallest absolute Gasteiger partial charge is 0.223 e. The van der Waals surface area contributed by atoms with Gasteiger partial charge in [0, 0.05) is 24.5 Å². The number of halogens is 1. The van der Waals surface area contributed by atoms with Crippen molar-refractivity contribution >= 4 is 21.8 Å². The lowest BCUT2D eigenvalue weighted by Gasteiger charge is -2.37. The summed E-state index contributed by atoms with van der Waals surface area (Å²) in [6.45, 7) is 5.60. The summed E-state index contributed by atoms with van der Waals surface area (Å²) in [5, 5.41) is 4.01. The average molecular weight is 292 g/mol. The molecule has 1 atom stereocenters. The number of hydrogen-bond donors (Lipinski definition) is 1. The minimum absolute atomic E-state index is 0.0860. The van der Waals surface area contributed by atoms with Gasteiger partial charge in [0.2, 0.25) is 5.91 Å². The van der Waals surface area contributed by atoms with Crippen LogP contribution in [-0.2, 0) is 9.53 Å². The zero-order chi connectivity index (χ0) is 12.0. The molecule has 0 aromatic rings. The molecule has 0 saturated carbocycles. The van der Waals surface area contributed by atoms with Gasteiger partial charge in [0.05, 0.1) is 5.54 Å². The van der Waals surface area contributed by atoms with Crippen LogP contribution in [0.4, 0.5) is 0 Å². The summed E-state index contributed by atoms with van der Waals surface area (Å²) < 4.78 is 5.34. The van der Waals surface area contributed by atoms with E-state index in [2.05, 4.69) is 28.2 Å². The standard InChI is InChI=1S/C12H22BrNO2/c1-3-4-10(2)11(15)14-12(9-13)5-7-16-8-6-12/h10H,3-9H2,1-2H3,(H,14,15). The Morgan fingerprint density at radius 3 is 2.62 bits per heavy atom. The highest BCUT2D eigenvalue weighted by Gasteiger charge is 2.33. The fourth-order valence-electron chi connectivity index (χ4n) is 2.00. The molecule has 0 radical (unpaired) electrons. The highest BCUT2D eigenvalue weighted by atomic mass is 79.9. The maximum atomic E-state index is 12.0. The van der Waals surface area contributed by atoms with Crippen molar-refractivity contribution < 1.29 is 9.53 Å². The van der Waals surface area contributed by atoms with Gasteiger partial charge in [-0.25, -0.2) is 0 Å². The first-order valence-corrected chi connectivity index (χ1v) is 7.21. The Balaban J connectivity index is 2.51. The lowest BCUT2D eigenvalue weighted by molar-refractivity contribution is -0.127. The first kappa shape index (κ1) is 14.0. The maximum absolute atomic E-state index is 12.0. The number of carbonyl (C=O) groups excluding carboxylic acids is 1. The van der Waals surface area contributed by atoms with Gasteiger partial charge in [-0.1, -0.05) is 36.2 Å². The van der Waals surface area contributed by atoms with Crippen molar-refractivity contribution in [2.24, 2.45) is 5.92 Å². The Hall–Kier alpha value is -0.0900. The van der Waals surface area contributed by atoms with Crippen LogP contribution in [0.5, 0.6) is 0 Å². The van der Waals surface area contributed by atoms with Crippen molar-refractivity contribution in [2.75, 3.05) is 18.5 Å². The molecule has 1 rings (SSSR count). The van der Waals surface area contributed by atoms with Gasteiger partial charge in [0.25, 0.3) is 0 Å². The monoisotopic (exact) mass is 291 g/mol. The molecule has 1 amide bonds. The average Bonchev–Trinajstić information content (AvgIpc) is 2.30. The van der Waals surface area contributed by atoms with Crippen LogP contribution < -0.4 is 5.32 Å². The quantitative estimate of drug-likeness (QED) is 0.791. The van der Waals surface area contributed by atoms with Crippen LogP contribution in [0.1, 0.15) is 39.5 Å². The molecule has 0 bridgehead atoms. The van der Waals surface area contributed by atoms with Gasteiger partial charge in [-0.3, -0.25) is 4.79 Å². The van der Waals surface area contributed by atoms with Crippen molar-refractivity contribution in [3.05, 3.63) is 0 Å². The first-order chi connectivity index (χ1) is 7.63. The van der Waals surface area contributed by atoms with E-state index < -0.39 is 0 Å². The highest BCUT2D eigenvalue weighted by molar-refractivity contribution is 9.09. The Morgan fingerprint density at radius 1 is 1.50 bits per heavy atom. The van der Waals surface area contributed by atoms with Crippen molar-refractivity contribution in [2.45, 2.75) is 45.1 Å². The molecule has 1 saturated heterocycles. The van der Waals surface area contributed by atoms with Crippen LogP contribution in [0, 0.1) is 5.92 Å². The second kappa shape index (κ2) is 6.60. The van der Waals surface area contributed by atoms with E-state index in [1.54, 1.807) is 0 Å². The van der Waals surface area contributed by atoms with Gasteiger partial charge in [-0.15, -0.1) is 0 Å². The van der Waals surface area contributed by atoms with E-state index in [4.69, 9.17) is 4.74 Å². The summed E-state index contributed by atoms with van der Waals surface area (Å²) in [5.74, 6) is 0.298. The topological polar surface area (TPSA) is 38.3 Å². The molecule has 1 unspecified atom stereocenters. The molecular weight excluding hydrogens is 270 g/mol. The molecule has 3 nitrogen and oxygen atoms in total. The zero-order valence-corrected chi connectivity index (χ0v) is 11.8. The predicted molar refractivity (Wildman–Crippen MR) is 68.8 cm³/mol. The van der Waals surface area contributed by atoms with Crippen LogP contribution in [0.3, 0.4) is 0 Å².